The van der Waals surface area contributed by atoms with Gasteiger partial charge in [0.25, 0.3) is 11.5 Å². The topological polar surface area (TPSA) is 136 Å². The van der Waals surface area contributed by atoms with Gasteiger partial charge in [-0.3, -0.25) is 9.59 Å². The van der Waals surface area contributed by atoms with Crippen molar-refractivity contribution in [1.29, 1.82) is 5.26 Å². The zero-order valence-corrected chi connectivity index (χ0v) is 21.2. The Morgan fingerprint density at radius 2 is 2.03 bits per heavy atom. The molecule has 2 N–H and O–H groups in total. The third kappa shape index (κ3) is 4.02. The second kappa shape index (κ2) is 9.22. The lowest BCUT2D eigenvalue weighted by Crippen LogP contribution is -2.34. The Kier molecular flexibility index (Phi) is 6.22. The highest BCUT2D eigenvalue weighted by molar-refractivity contribution is 7.18. The molecule has 182 valence electrons. The lowest BCUT2D eigenvalue weighted by molar-refractivity contribution is 0.0703. The minimum Gasteiger partial charge on any atom is -0.477 e. The number of hydrogen-bond donors (Lipinski definition) is 2. The number of nitrogens with zero attached hydrogens (tertiary/aromatic N) is 3. The van der Waals surface area contributed by atoms with Crippen molar-refractivity contribution in [3.63, 3.8) is 0 Å². The van der Waals surface area contributed by atoms with Crippen LogP contribution < -0.4 is 11.2 Å². The van der Waals surface area contributed by atoms with Gasteiger partial charge < -0.3 is 15.0 Å². The van der Waals surface area contributed by atoms with Crippen LogP contribution in [0.15, 0.2) is 55.6 Å². The van der Waals surface area contributed by atoms with E-state index < -0.39 is 23.1 Å². The molecule has 0 bridgehead atoms. The number of nitriles is 1. The molecule has 3 aromatic rings. The number of carbonyl (C=O) groups excluding carboxylic acids is 1. The summed E-state index contributed by atoms with van der Waals surface area (Å²) in [5, 5.41) is 20.3. The van der Waals surface area contributed by atoms with Gasteiger partial charge >= 0.3 is 11.7 Å². The molecule has 0 radical (unpaired) electrons. The number of carboxylic acids is 1. The molecule has 5 rings (SSSR count). The van der Waals surface area contributed by atoms with E-state index in [1.807, 2.05) is 6.07 Å². The molecule has 0 aromatic carbocycles. The summed E-state index contributed by atoms with van der Waals surface area (Å²) in [6, 6.07) is 3.26. The number of thiophene rings is 2. The van der Waals surface area contributed by atoms with Crippen LogP contribution in [0.4, 0.5) is 0 Å². The summed E-state index contributed by atoms with van der Waals surface area (Å²) in [6.45, 7) is 0. The van der Waals surface area contributed by atoms with E-state index in [0.717, 1.165) is 40.1 Å². The molecule has 1 amide bonds. The fourth-order valence-corrected chi connectivity index (χ4v) is 6.24. The molecule has 2 aliphatic rings. The van der Waals surface area contributed by atoms with E-state index in [-0.39, 0.29) is 47.3 Å². The van der Waals surface area contributed by atoms with Crippen LogP contribution in [0.3, 0.4) is 0 Å². The van der Waals surface area contributed by atoms with Crippen LogP contribution >= 0.6 is 45.9 Å². The number of carbonyl (C=O) groups is 2. The molecule has 9 nitrogen and oxygen atoms in total. The summed E-state index contributed by atoms with van der Waals surface area (Å²) in [6.07, 6.45) is 6.93. The van der Waals surface area contributed by atoms with E-state index in [0.29, 0.717) is 12.1 Å². The number of nitrogens with one attached hydrogen (secondary N) is 1. The van der Waals surface area contributed by atoms with Crippen LogP contribution in [0, 0.1) is 11.3 Å². The largest absolute Gasteiger partial charge is 0.477 e. The van der Waals surface area contributed by atoms with Crippen LogP contribution in [0.1, 0.15) is 38.6 Å². The highest BCUT2D eigenvalue weighted by atomic mass is 35.5. The molecule has 0 aliphatic heterocycles. The van der Waals surface area contributed by atoms with Gasteiger partial charge in [-0.05, 0) is 25.0 Å². The van der Waals surface area contributed by atoms with Gasteiger partial charge in [0.05, 0.1) is 32.1 Å². The van der Waals surface area contributed by atoms with Gasteiger partial charge in [0, 0.05) is 23.5 Å². The maximum Gasteiger partial charge on any atom is 0.346 e. The first-order chi connectivity index (χ1) is 17.2. The van der Waals surface area contributed by atoms with Crippen LogP contribution in [-0.2, 0) is 0 Å². The minimum absolute atomic E-state index is 0.00611. The summed E-state index contributed by atoms with van der Waals surface area (Å²) in [7, 11) is 0. The maximum absolute atomic E-state index is 13.7. The van der Waals surface area contributed by atoms with Crippen molar-refractivity contribution < 1.29 is 14.7 Å². The lowest BCUT2D eigenvalue weighted by atomic mass is 10.2. The molecular weight excluding hydrogens is 547 g/mol. The zero-order chi connectivity index (χ0) is 25.7. The third-order valence-corrected chi connectivity index (χ3v) is 8.43. The average molecular weight is 561 g/mol. The van der Waals surface area contributed by atoms with Crippen molar-refractivity contribution in [2.45, 2.75) is 25.3 Å². The van der Waals surface area contributed by atoms with Gasteiger partial charge in [0.2, 0.25) is 0 Å². The molecule has 3 aromatic heterocycles. The van der Waals surface area contributed by atoms with Gasteiger partial charge in [-0.15, -0.1) is 22.7 Å². The lowest BCUT2D eigenvalue weighted by Gasteiger charge is -2.25. The Morgan fingerprint density at radius 3 is 2.69 bits per heavy atom. The normalized spacial score (nSPS) is 15.5. The first kappa shape index (κ1) is 24.3. The Hall–Kier alpha value is -3.43. The Labute approximate surface area is 220 Å². The second-order valence-electron chi connectivity index (χ2n) is 7.99. The summed E-state index contributed by atoms with van der Waals surface area (Å²) >= 11 is 14.6. The molecule has 0 saturated heterocycles. The molecular formula is C23H14Cl2N4O5S2. The van der Waals surface area contributed by atoms with Crippen molar-refractivity contribution in [1.82, 2.24) is 14.5 Å². The highest BCUT2D eigenvalue weighted by Crippen LogP contribution is 2.39. The molecule has 2 aliphatic carbocycles. The molecule has 0 unspecified atom stereocenters. The minimum atomic E-state index is -1.30. The van der Waals surface area contributed by atoms with Crippen molar-refractivity contribution in [3.05, 3.63) is 80.9 Å². The second-order valence-corrected chi connectivity index (χ2v) is 10.9. The maximum atomic E-state index is 13.7. The van der Waals surface area contributed by atoms with Gasteiger partial charge in [0.15, 0.2) is 0 Å². The van der Waals surface area contributed by atoms with E-state index in [4.69, 9.17) is 23.2 Å². The number of carboxylic acid groups (broad SMARTS) is 1. The van der Waals surface area contributed by atoms with Crippen LogP contribution in [0.5, 0.6) is 0 Å². The average Bonchev–Trinajstić information content (AvgIpc) is 3.51. The summed E-state index contributed by atoms with van der Waals surface area (Å²) in [5.74, 6) is -1.73. The number of aromatic amines is 1. The Morgan fingerprint density at radius 1 is 1.28 bits per heavy atom. The summed E-state index contributed by atoms with van der Waals surface area (Å²) in [5.41, 5.74) is -0.875. The van der Waals surface area contributed by atoms with Crippen LogP contribution in [0.2, 0.25) is 4.34 Å². The van der Waals surface area contributed by atoms with Gasteiger partial charge in [-0.2, -0.15) is 5.26 Å². The van der Waals surface area contributed by atoms with Gasteiger partial charge in [0.1, 0.15) is 15.3 Å². The number of aromatic carboxylic acids is 1. The van der Waals surface area contributed by atoms with E-state index in [2.05, 4.69) is 4.98 Å². The number of hydrogen-bond acceptors (Lipinski definition) is 7. The number of amides is 1. The number of allylic oxidation sites excluding steroid dienone is 5. The van der Waals surface area contributed by atoms with Crippen molar-refractivity contribution in [3.8, 4) is 11.8 Å². The molecule has 0 spiro atoms. The molecule has 36 heavy (non-hydrogen) atoms. The summed E-state index contributed by atoms with van der Waals surface area (Å²) < 4.78 is 0.738. The van der Waals surface area contributed by atoms with Crippen LogP contribution in [0.25, 0.3) is 16.6 Å². The number of H-pyrrole nitrogens is 1. The highest BCUT2D eigenvalue weighted by Gasteiger charge is 2.38. The van der Waals surface area contributed by atoms with E-state index in [1.54, 1.807) is 23.1 Å². The predicted octanol–water partition coefficient (Wildman–Crippen LogP) is 4.62. The monoisotopic (exact) mass is 560 g/mol. The molecule has 13 heteroatoms. The Bertz CT molecular complexity index is 1710. The van der Waals surface area contributed by atoms with E-state index in [9.17, 15) is 29.5 Å². The van der Waals surface area contributed by atoms with E-state index in [1.165, 1.54) is 11.4 Å². The number of fused-ring (bicyclic) bond motifs is 1. The molecule has 1 saturated carbocycles. The quantitative estimate of drug-likeness (QED) is 0.467. The van der Waals surface area contributed by atoms with Crippen molar-refractivity contribution >= 4 is 68.7 Å². The summed E-state index contributed by atoms with van der Waals surface area (Å²) in [4.78, 5) is 55.2. The third-order valence-electron chi connectivity index (χ3n) is 5.71. The van der Waals surface area contributed by atoms with Crippen molar-refractivity contribution in [2.75, 3.05) is 0 Å². The fourth-order valence-electron chi connectivity index (χ4n) is 3.94. The fraction of sp³-hybridized carbons (Fsp3) is 0.174. The van der Waals surface area contributed by atoms with Crippen LogP contribution in [-0.4, -0.2) is 37.5 Å². The first-order valence-electron chi connectivity index (χ1n) is 10.5. The molecule has 3 heterocycles. The predicted molar refractivity (Wildman–Crippen MR) is 137 cm³/mol. The smallest absolute Gasteiger partial charge is 0.346 e. The number of halogens is 2. The first-order valence-corrected chi connectivity index (χ1v) is 13.0. The van der Waals surface area contributed by atoms with Crippen molar-refractivity contribution in [2.24, 2.45) is 0 Å². The Balaban J connectivity index is 1.62. The van der Waals surface area contributed by atoms with Gasteiger partial charge in [-0.1, -0.05) is 35.4 Å². The molecule has 1 fully saturated rings. The van der Waals surface area contributed by atoms with E-state index >= 15 is 0 Å². The number of aromatic nitrogens is 2. The van der Waals surface area contributed by atoms with Gasteiger partial charge in [-0.25, -0.2) is 14.2 Å². The SMILES string of the molecule is N#CC1=CC=CCC(N(C(=O)c2cc(-n3c(=O)[nH]c4csc(C(=O)O)c4c3=O)c(Cl)s2)C2CC2)=C1Cl. The molecule has 0 atom stereocenters. The zero-order valence-electron chi connectivity index (χ0n) is 18.1. The number of rotatable bonds is 5. The standard InChI is InChI=1S/C23H14Cl2N4O5S2/c24-17-10(8-26)3-1-2-4-13(17)28(11-5-6-11)20(30)15-7-14(19(25)36-15)29-21(31)16-12(27-23(29)34)9-35-18(16)22(32)33/h1-3,7,9,11H,4-6H2,(H,27,34)(H,32,33).